The molecule has 2 aromatic heterocycles. The standard InChI is InChI=1S/C12H17N5/c1-9-6-11-12(14-3-5-17(11)15-9)16-4-2-10(7-13)8-16/h3,5-6,10H,2,4,7-8,13H2,1H3. The van der Waals surface area contributed by atoms with Crippen LogP contribution in [0.4, 0.5) is 5.82 Å². The monoisotopic (exact) mass is 231 g/mol. The van der Waals surface area contributed by atoms with Gasteiger partial charge in [-0.25, -0.2) is 9.50 Å². The minimum atomic E-state index is 0.598. The van der Waals surface area contributed by atoms with Crippen molar-refractivity contribution in [3.63, 3.8) is 0 Å². The molecule has 2 N–H and O–H groups in total. The molecule has 5 nitrogen and oxygen atoms in total. The molecule has 2 aromatic rings. The molecule has 1 saturated heterocycles. The van der Waals surface area contributed by atoms with E-state index in [1.165, 1.54) is 0 Å². The SMILES string of the molecule is Cc1cc2c(N3CCC(CN)C3)nccn2n1. The second-order valence-corrected chi connectivity index (χ2v) is 4.70. The van der Waals surface area contributed by atoms with Crippen LogP contribution in [0.1, 0.15) is 12.1 Å². The van der Waals surface area contributed by atoms with Crippen LogP contribution in [-0.2, 0) is 0 Å². The summed E-state index contributed by atoms with van der Waals surface area (Å²) in [6.07, 6.45) is 4.86. The van der Waals surface area contributed by atoms with Gasteiger partial charge in [0.15, 0.2) is 5.82 Å². The maximum Gasteiger partial charge on any atom is 0.154 e. The van der Waals surface area contributed by atoms with Crippen molar-refractivity contribution in [3.05, 3.63) is 24.2 Å². The molecule has 0 bridgehead atoms. The Morgan fingerprint density at radius 1 is 1.53 bits per heavy atom. The first-order valence-electron chi connectivity index (χ1n) is 6.04. The quantitative estimate of drug-likeness (QED) is 0.831. The van der Waals surface area contributed by atoms with Gasteiger partial charge in [0.1, 0.15) is 5.52 Å². The van der Waals surface area contributed by atoms with Gasteiger partial charge in [-0.2, -0.15) is 5.10 Å². The summed E-state index contributed by atoms with van der Waals surface area (Å²) in [6, 6.07) is 2.08. The van der Waals surface area contributed by atoms with Gasteiger partial charge in [-0.3, -0.25) is 0 Å². The van der Waals surface area contributed by atoms with Crippen LogP contribution in [0, 0.1) is 12.8 Å². The molecule has 17 heavy (non-hydrogen) atoms. The Labute approximate surface area is 100 Å². The fraction of sp³-hybridized carbons (Fsp3) is 0.500. The molecule has 3 heterocycles. The van der Waals surface area contributed by atoms with E-state index in [0.29, 0.717) is 5.92 Å². The van der Waals surface area contributed by atoms with Crippen molar-refractivity contribution in [2.24, 2.45) is 11.7 Å². The van der Waals surface area contributed by atoms with Crippen LogP contribution in [0.3, 0.4) is 0 Å². The van der Waals surface area contributed by atoms with E-state index in [9.17, 15) is 0 Å². The fourth-order valence-corrected chi connectivity index (χ4v) is 2.49. The van der Waals surface area contributed by atoms with Crippen LogP contribution in [0.2, 0.25) is 0 Å². The molecular formula is C12H17N5. The van der Waals surface area contributed by atoms with Crippen molar-refractivity contribution in [1.29, 1.82) is 0 Å². The maximum atomic E-state index is 5.73. The zero-order valence-corrected chi connectivity index (χ0v) is 10.0. The molecule has 0 aromatic carbocycles. The zero-order valence-electron chi connectivity index (χ0n) is 10.0. The third-order valence-electron chi connectivity index (χ3n) is 3.41. The lowest BCUT2D eigenvalue weighted by atomic mass is 10.1. The summed E-state index contributed by atoms with van der Waals surface area (Å²) in [7, 11) is 0. The largest absolute Gasteiger partial charge is 0.354 e. The number of nitrogens with two attached hydrogens (primary N) is 1. The normalized spacial score (nSPS) is 20.4. The van der Waals surface area contributed by atoms with Gasteiger partial charge < -0.3 is 10.6 Å². The highest BCUT2D eigenvalue weighted by Gasteiger charge is 2.23. The summed E-state index contributed by atoms with van der Waals surface area (Å²) < 4.78 is 1.90. The topological polar surface area (TPSA) is 59.5 Å². The summed E-state index contributed by atoms with van der Waals surface area (Å²) in [5.74, 6) is 1.63. The summed E-state index contributed by atoms with van der Waals surface area (Å²) >= 11 is 0. The lowest BCUT2D eigenvalue weighted by Crippen LogP contribution is -2.23. The lowest BCUT2D eigenvalue weighted by Gasteiger charge is -2.17. The first-order valence-corrected chi connectivity index (χ1v) is 6.04. The van der Waals surface area contributed by atoms with E-state index in [2.05, 4.69) is 21.0 Å². The first-order chi connectivity index (χ1) is 8.28. The molecule has 0 aliphatic carbocycles. The molecule has 90 valence electrons. The molecule has 1 aliphatic heterocycles. The molecule has 1 unspecified atom stereocenters. The van der Waals surface area contributed by atoms with Gasteiger partial charge in [0.05, 0.1) is 5.69 Å². The van der Waals surface area contributed by atoms with Gasteiger partial charge in [0.2, 0.25) is 0 Å². The second kappa shape index (κ2) is 4.00. The highest BCUT2D eigenvalue weighted by molar-refractivity contribution is 5.69. The lowest BCUT2D eigenvalue weighted by molar-refractivity contribution is 0.602. The Bertz CT molecular complexity index is 533. The van der Waals surface area contributed by atoms with Crippen LogP contribution in [-0.4, -0.2) is 34.2 Å². The number of hydrogen-bond donors (Lipinski definition) is 1. The van der Waals surface area contributed by atoms with Gasteiger partial charge in [-0.1, -0.05) is 0 Å². The highest BCUT2D eigenvalue weighted by Crippen LogP contribution is 2.25. The van der Waals surface area contributed by atoms with E-state index in [4.69, 9.17) is 5.73 Å². The number of anilines is 1. The molecule has 0 amide bonds. The van der Waals surface area contributed by atoms with Crippen molar-refractivity contribution in [1.82, 2.24) is 14.6 Å². The minimum Gasteiger partial charge on any atom is -0.354 e. The highest BCUT2D eigenvalue weighted by atomic mass is 15.3. The summed E-state index contributed by atoms with van der Waals surface area (Å²) in [4.78, 5) is 6.81. The van der Waals surface area contributed by atoms with E-state index in [1.807, 2.05) is 23.8 Å². The molecule has 0 spiro atoms. The van der Waals surface area contributed by atoms with E-state index >= 15 is 0 Å². The van der Waals surface area contributed by atoms with Gasteiger partial charge in [-0.15, -0.1) is 0 Å². The third kappa shape index (κ3) is 1.76. The zero-order chi connectivity index (χ0) is 11.8. The average molecular weight is 231 g/mol. The number of rotatable bonds is 2. The Hall–Kier alpha value is -1.62. The van der Waals surface area contributed by atoms with Crippen molar-refractivity contribution >= 4 is 11.3 Å². The van der Waals surface area contributed by atoms with Gasteiger partial charge in [0, 0.05) is 25.5 Å². The third-order valence-corrected chi connectivity index (χ3v) is 3.41. The van der Waals surface area contributed by atoms with Gasteiger partial charge in [-0.05, 0) is 31.9 Å². The van der Waals surface area contributed by atoms with Crippen LogP contribution in [0.25, 0.3) is 5.52 Å². The fourth-order valence-electron chi connectivity index (χ4n) is 2.49. The molecule has 0 radical (unpaired) electrons. The van der Waals surface area contributed by atoms with Crippen molar-refractivity contribution < 1.29 is 0 Å². The Kier molecular flexibility index (Phi) is 2.48. The number of aryl methyl sites for hydroxylation is 1. The number of aromatic nitrogens is 3. The van der Waals surface area contributed by atoms with Crippen LogP contribution >= 0.6 is 0 Å². The molecule has 1 fully saturated rings. The molecule has 3 rings (SSSR count). The maximum absolute atomic E-state index is 5.73. The molecule has 5 heteroatoms. The average Bonchev–Trinajstić information content (AvgIpc) is 2.92. The van der Waals surface area contributed by atoms with Crippen LogP contribution in [0.5, 0.6) is 0 Å². The van der Waals surface area contributed by atoms with Crippen LogP contribution < -0.4 is 10.6 Å². The molecule has 0 saturated carbocycles. The molecule has 1 aliphatic rings. The minimum absolute atomic E-state index is 0.598. The van der Waals surface area contributed by atoms with Crippen molar-refractivity contribution in [3.8, 4) is 0 Å². The second-order valence-electron chi connectivity index (χ2n) is 4.70. The summed E-state index contributed by atoms with van der Waals surface area (Å²) in [6.45, 7) is 4.81. The van der Waals surface area contributed by atoms with Crippen LogP contribution in [0.15, 0.2) is 18.5 Å². The summed E-state index contributed by atoms with van der Waals surface area (Å²) in [5, 5.41) is 4.41. The summed E-state index contributed by atoms with van der Waals surface area (Å²) in [5.41, 5.74) is 7.83. The predicted molar refractivity (Wildman–Crippen MR) is 67.1 cm³/mol. The van der Waals surface area contributed by atoms with E-state index in [1.54, 1.807) is 0 Å². The smallest absolute Gasteiger partial charge is 0.154 e. The predicted octanol–water partition coefficient (Wildman–Crippen LogP) is 0.823. The Balaban J connectivity index is 2.00. The number of hydrogen-bond acceptors (Lipinski definition) is 4. The Morgan fingerprint density at radius 2 is 2.41 bits per heavy atom. The van der Waals surface area contributed by atoms with Crippen molar-refractivity contribution in [2.75, 3.05) is 24.5 Å². The number of fused-ring (bicyclic) bond motifs is 1. The Morgan fingerprint density at radius 3 is 3.18 bits per heavy atom. The van der Waals surface area contributed by atoms with E-state index < -0.39 is 0 Å². The first kappa shape index (κ1) is 10.5. The van der Waals surface area contributed by atoms with Gasteiger partial charge >= 0.3 is 0 Å². The molecule has 1 atom stereocenters. The van der Waals surface area contributed by atoms with Crippen molar-refractivity contribution in [2.45, 2.75) is 13.3 Å². The van der Waals surface area contributed by atoms with E-state index in [0.717, 1.165) is 43.1 Å². The molecular weight excluding hydrogens is 214 g/mol. The van der Waals surface area contributed by atoms with E-state index in [-0.39, 0.29) is 0 Å². The van der Waals surface area contributed by atoms with Gasteiger partial charge in [0.25, 0.3) is 0 Å². The number of nitrogens with zero attached hydrogens (tertiary/aromatic N) is 4.